The van der Waals surface area contributed by atoms with Gasteiger partial charge in [-0.1, -0.05) is 67.2 Å². The van der Waals surface area contributed by atoms with Crippen LogP contribution in [0.5, 0.6) is 0 Å². The minimum atomic E-state index is -0.564. The summed E-state index contributed by atoms with van der Waals surface area (Å²) >= 11 is 0. The van der Waals surface area contributed by atoms with E-state index in [1.54, 1.807) is 0 Å². The first-order valence-corrected chi connectivity index (χ1v) is 10.6. The van der Waals surface area contributed by atoms with Gasteiger partial charge in [0, 0.05) is 25.7 Å². The number of quaternary nitrogens is 1. The molecule has 0 spiro atoms. The number of nitrogens with zero attached hydrogens (tertiary/aromatic N) is 2. The Labute approximate surface area is 192 Å². The van der Waals surface area contributed by atoms with Gasteiger partial charge in [0.25, 0.3) is 0 Å². The summed E-state index contributed by atoms with van der Waals surface area (Å²) in [4.78, 5) is 0. The second-order valence-electron chi connectivity index (χ2n) is 8.99. The maximum absolute atomic E-state index is 10.5. The minimum absolute atomic E-state index is 0. The fourth-order valence-corrected chi connectivity index (χ4v) is 6.05. The van der Waals surface area contributed by atoms with Crippen LogP contribution < -0.4 is 24.0 Å². The van der Waals surface area contributed by atoms with Crippen molar-refractivity contribution in [1.82, 2.24) is 0 Å². The van der Waals surface area contributed by atoms with Gasteiger partial charge in [-0.3, -0.25) is 0 Å². The van der Waals surface area contributed by atoms with E-state index in [1.807, 2.05) is 12.1 Å². The highest BCUT2D eigenvalue weighted by Gasteiger charge is 2.52. The molecular weight excluding hydrogens is 467 g/mol. The molecular formula is C26H31IN2. The molecule has 2 aliphatic rings. The lowest BCUT2D eigenvalue weighted by Crippen LogP contribution is -3.00. The molecule has 2 saturated heterocycles. The highest BCUT2D eigenvalue weighted by atomic mass is 127. The van der Waals surface area contributed by atoms with Crippen LogP contribution in [-0.4, -0.2) is 30.2 Å². The third-order valence-corrected chi connectivity index (χ3v) is 7.55. The number of fused-ring (bicyclic) bond motifs is 2. The van der Waals surface area contributed by atoms with Gasteiger partial charge in [-0.15, -0.1) is 0 Å². The van der Waals surface area contributed by atoms with Gasteiger partial charge in [0.1, 0.15) is 5.41 Å². The van der Waals surface area contributed by atoms with E-state index < -0.39 is 5.41 Å². The van der Waals surface area contributed by atoms with E-state index >= 15 is 0 Å². The normalized spacial score (nSPS) is 28.2. The zero-order valence-corrected chi connectivity index (χ0v) is 19.5. The average Bonchev–Trinajstić information content (AvgIpc) is 2.90. The highest BCUT2D eigenvalue weighted by molar-refractivity contribution is 5.45. The highest BCUT2D eigenvalue weighted by Crippen LogP contribution is 2.48. The summed E-state index contributed by atoms with van der Waals surface area (Å²) in [5.74, 6) is 0.591. The predicted molar refractivity (Wildman–Crippen MR) is 115 cm³/mol. The largest absolute Gasteiger partial charge is 1.00 e. The van der Waals surface area contributed by atoms with E-state index in [9.17, 15) is 5.26 Å². The summed E-state index contributed by atoms with van der Waals surface area (Å²) in [6.07, 6.45) is 8.11. The molecule has 0 amide bonds. The van der Waals surface area contributed by atoms with Crippen molar-refractivity contribution in [3.8, 4) is 6.07 Å². The number of piperidine rings is 1. The van der Waals surface area contributed by atoms with E-state index in [-0.39, 0.29) is 24.0 Å². The van der Waals surface area contributed by atoms with Crippen LogP contribution >= 0.6 is 0 Å². The fraction of sp³-hybridized carbons (Fsp3) is 0.423. The zero-order valence-electron chi connectivity index (χ0n) is 17.3. The molecule has 0 N–H and O–H groups in total. The van der Waals surface area contributed by atoms with Crippen molar-refractivity contribution in [2.24, 2.45) is 5.92 Å². The van der Waals surface area contributed by atoms with Crippen LogP contribution in [0.2, 0.25) is 0 Å². The van der Waals surface area contributed by atoms with Gasteiger partial charge in [0.05, 0.1) is 31.7 Å². The molecule has 2 nitrogen and oxygen atoms in total. The topological polar surface area (TPSA) is 23.8 Å². The number of rotatable bonds is 6. The predicted octanol–water partition coefficient (Wildman–Crippen LogP) is 2.46. The summed E-state index contributed by atoms with van der Waals surface area (Å²) < 4.78 is 1.16. The minimum Gasteiger partial charge on any atom is -1.00 e. The molecule has 2 unspecified atom stereocenters. The number of benzene rings is 2. The third kappa shape index (κ3) is 3.90. The molecule has 2 bridgehead atoms. The summed E-state index contributed by atoms with van der Waals surface area (Å²) in [5.41, 5.74) is 1.70. The van der Waals surface area contributed by atoms with E-state index in [0.29, 0.717) is 18.0 Å². The third-order valence-electron chi connectivity index (χ3n) is 7.55. The van der Waals surface area contributed by atoms with E-state index in [1.165, 1.54) is 25.7 Å². The van der Waals surface area contributed by atoms with Crippen LogP contribution in [0.15, 0.2) is 73.3 Å². The smallest absolute Gasteiger partial charge is 0.107 e. The van der Waals surface area contributed by atoms with Crippen LogP contribution in [0.3, 0.4) is 0 Å². The molecule has 4 rings (SSSR count). The van der Waals surface area contributed by atoms with Gasteiger partial charge >= 0.3 is 0 Å². The Balaban J connectivity index is 0.00000240. The first kappa shape index (κ1) is 22.1. The number of halogens is 1. The summed E-state index contributed by atoms with van der Waals surface area (Å²) in [5, 5.41) is 10.5. The number of hydrogen-bond donors (Lipinski definition) is 0. The average molecular weight is 498 g/mol. The zero-order chi connectivity index (χ0) is 19.6. The molecule has 0 aliphatic carbocycles. The molecule has 0 radical (unpaired) electrons. The summed E-state index contributed by atoms with van der Waals surface area (Å²) in [6, 6.07) is 25.0. The first-order valence-electron chi connectivity index (χ1n) is 10.6. The van der Waals surface area contributed by atoms with Crippen molar-refractivity contribution in [1.29, 1.82) is 5.26 Å². The Bertz CT molecular complexity index is 802. The molecule has 2 aliphatic heterocycles. The van der Waals surface area contributed by atoms with Crippen molar-refractivity contribution < 1.29 is 28.5 Å². The Hall–Kier alpha value is -1.64. The van der Waals surface area contributed by atoms with Crippen molar-refractivity contribution in [3.05, 3.63) is 84.4 Å². The lowest BCUT2D eigenvalue weighted by molar-refractivity contribution is -0.944. The summed E-state index contributed by atoms with van der Waals surface area (Å²) in [7, 11) is 2.42. The Morgan fingerprint density at radius 1 is 1.00 bits per heavy atom. The van der Waals surface area contributed by atoms with Crippen molar-refractivity contribution in [2.45, 2.75) is 49.6 Å². The van der Waals surface area contributed by atoms with Gasteiger partial charge < -0.3 is 28.5 Å². The monoisotopic (exact) mass is 498 g/mol. The quantitative estimate of drug-likeness (QED) is 0.341. The van der Waals surface area contributed by atoms with Gasteiger partial charge in [0.2, 0.25) is 0 Å². The lowest BCUT2D eigenvalue weighted by atomic mass is 9.67. The SMILES string of the molecule is C=CC[N+]1(C)[C@@H]2CC[C@H]1CC(CC(C#N)(c1ccccc1)c1ccccc1)C2.[I-]. The van der Waals surface area contributed by atoms with Crippen LogP contribution in [0.4, 0.5) is 0 Å². The van der Waals surface area contributed by atoms with Crippen LogP contribution in [-0.2, 0) is 5.41 Å². The summed E-state index contributed by atoms with van der Waals surface area (Å²) in [6.45, 7) is 5.08. The van der Waals surface area contributed by atoms with Gasteiger partial charge in [-0.2, -0.15) is 5.26 Å². The van der Waals surface area contributed by atoms with Crippen LogP contribution in [0, 0.1) is 17.2 Å². The Morgan fingerprint density at radius 3 is 1.90 bits per heavy atom. The number of hydrogen-bond acceptors (Lipinski definition) is 1. The maximum atomic E-state index is 10.5. The molecule has 2 heterocycles. The van der Waals surface area contributed by atoms with Gasteiger partial charge in [-0.25, -0.2) is 0 Å². The number of likely N-dealkylation sites (N-methyl/N-ethyl adjacent to an activating group) is 1. The molecule has 0 saturated carbocycles. The van der Waals surface area contributed by atoms with Crippen LogP contribution in [0.25, 0.3) is 0 Å². The molecule has 2 aromatic carbocycles. The molecule has 29 heavy (non-hydrogen) atoms. The molecule has 152 valence electrons. The lowest BCUT2D eigenvalue weighted by Gasteiger charge is -2.48. The molecule has 3 heteroatoms. The Morgan fingerprint density at radius 2 is 1.48 bits per heavy atom. The second-order valence-corrected chi connectivity index (χ2v) is 8.99. The van der Waals surface area contributed by atoms with Crippen molar-refractivity contribution in [2.75, 3.05) is 13.6 Å². The van der Waals surface area contributed by atoms with Crippen molar-refractivity contribution >= 4 is 0 Å². The first-order chi connectivity index (χ1) is 13.6. The van der Waals surface area contributed by atoms with Crippen LogP contribution in [0.1, 0.15) is 43.2 Å². The molecule has 2 aromatic rings. The van der Waals surface area contributed by atoms with E-state index in [0.717, 1.165) is 28.6 Å². The maximum Gasteiger partial charge on any atom is 0.107 e. The van der Waals surface area contributed by atoms with Gasteiger partial charge in [-0.05, 0) is 29.5 Å². The van der Waals surface area contributed by atoms with E-state index in [2.05, 4.69) is 74.3 Å². The molecule has 4 atom stereocenters. The second kappa shape index (κ2) is 9.02. The van der Waals surface area contributed by atoms with Gasteiger partial charge in [0.15, 0.2) is 0 Å². The molecule has 2 fully saturated rings. The fourth-order valence-electron chi connectivity index (χ4n) is 6.05. The Kier molecular flexibility index (Phi) is 6.86. The van der Waals surface area contributed by atoms with E-state index in [4.69, 9.17) is 0 Å². The molecule has 0 aromatic heterocycles. The van der Waals surface area contributed by atoms with Crippen molar-refractivity contribution in [3.63, 3.8) is 0 Å². The standard InChI is InChI=1S/C26H31N2.HI/c1-3-16-28(2)24-14-15-25(28)18-21(17-24)19-26(20-27,22-10-6-4-7-11-22)23-12-8-5-9-13-23;/h3-13,21,24-25H,1,14-19H2,2H3;1H/q+1;/p-1/t21?,24-,25+,28?;. The number of nitriles is 1.